The Morgan fingerprint density at radius 2 is 1.89 bits per heavy atom. The number of nitrogens with zero attached hydrogens (tertiary/aromatic N) is 7. The summed E-state index contributed by atoms with van der Waals surface area (Å²) in [5.74, 6) is 3.93. The molecule has 1 fully saturated rings. The molecule has 1 saturated heterocycles. The number of ether oxygens (including phenoxy) is 1. The summed E-state index contributed by atoms with van der Waals surface area (Å²) in [7, 11) is 2.05. The summed E-state index contributed by atoms with van der Waals surface area (Å²) in [6, 6.07) is 8.44. The minimum Gasteiger partial charge on any atom is -0.378 e. The summed E-state index contributed by atoms with van der Waals surface area (Å²) < 4.78 is 9.79. The van der Waals surface area contributed by atoms with Gasteiger partial charge in [0.25, 0.3) is 0 Å². The number of morpholine rings is 1. The molecule has 0 radical (unpaired) electrons. The van der Waals surface area contributed by atoms with Crippen LogP contribution in [0.2, 0.25) is 0 Å². The summed E-state index contributed by atoms with van der Waals surface area (Å²) in [5, 5.41) is 3.78. The number of para-hydroxylation sites is 2. The van der Waals surface area contributed by atoms with E-state index in [2.05, 4.69) is 61.7 Å². The van der Waals surface area contributed by atoms with E-state index in [0.29, 0.717) is 37.7 Å². The largest absolute Gasteiger partial charge is 0.378 e. The van der Waals surface area contributed by atoms with Gasteiger partial charge >= 0.3 is 0 Å². The Kier molecular flexibility index (Phi) is 7.76. The van der Waals surface area contributed by atoms with Gasteiger partial charge in [0.05, 0.1) is 30.8 Å². The lowest BCUT2D eigenvalue weighted by molar-refractivity contribution is 0.122. The average molecular weight is 517 g/mol. The molecule has 9 nitrogen and oxygen atoms in total. The molecule has 3 aromatic heterocycles. The van der Waals surface area contributed by atoms with Gasteiger partial charge in [-0.2, -0.15) is 9.97 Å². The number of benzene rings is 1. The summed E-state index contributed by atoms with van der Waals surface area (Å²) in [4.78, 5) is 22.3. The summed E-state index contributed by atoms with van der Waals surface area (Å²) in [6.07, 6.45) is 4.48. The fourth-order valence-corrected chi connectivity index (χ4v) is 5.15. The number of rotatable bonds is 9. The Labute approximate surface area is 225 Å². The number of aryl methyl sites for hydroxylation is 2. The van der Waals surface area contributed by atoms with Crippen LogP contribution in [-0.2, 0) is 18.3 Å². The van der Waals surface area contributed by atoms with Gasteiger partial charge in [-0.15, -0.1) is 0 Å². The molecule has 202 valence electrons. The SMILES string of the molecule is C/C=C(/C)C(CC(C)CC)NCc1nc2c(N3CCOCC3)nc(-n3c(C)nc4ccccc43)nc2n1C. The van der Waals surface area contributed by atoms with E-state index in [1.807, 2.05) is 29.7 Å². The molecule has 5 rings (SSSR count). The first-order chi connectivity index (χ1) is 18.4. The molecule has 2 atom stereocenters. The van der Waals surface area contributed by atoms with Gasteiger partial charge in [-0.3, -0.25) is 4.57 Å². The first kappa shape index (κ1) is 26.3. The second kappa shape index (κ2) is 11.2. The molecular formula is C29H40N8O. The van der Waals surface area contributed by atoms with E-state index in [1.165, 1.54) is 12.0 Å². The van der Waals surface area contributed by atoms with Gasteiger partial charge < -0.3 is 19.5 Å². The molecular weight excluding hydrogens is 476 g/mol. The van der Waals surface area contributed by atoms with Crippen molar-refractivity contribution >= 4 is 28.0 Å². The van der Waals surface area contributed by atoms with E-state index in [9.17, 15) is 0 Å². The van der Waals surface area contributed by atoms with Gasteiger partial charge in [0.1, 0.15) is 11.6 Å². The van der Waals surface area contributed by atoms with Crippen LogP contribution in [0.1, 0.15) is 52.2 Å². The van der Waals surface area contributed by atoms with Gasteiger partial charge in [0.2, 0.25) is 5.95 Å². The van der Waals surface area contributed by atoms with Crippen LogP contribution in [0.3, 0.4) is 0 Å². The predicted molar refractivity (Wildman–Crippen MR) is 153 cm³/mol. The second-order valence-corrected chi connectivity index (χ2v) is 10.4. The molecule has 38 heavy (non-hydrogen) atoms. The van der Waals surface area contributed by atoms with E-state index in [-0.39, 0.29) is 0 Å². The van der Waals surface area contributed by atoms with Crippen molar-refractivity contribution in [2.75, 3.05) is 31.2 Å². The number of allylic oxidation sites excluding steroid dienone is 1. The van der Waals surface area contributed by atoms with Crippen molar-refractivity contribution in [1.29, 1.82) is 0 Å². The first-order valence-electron chi connectivity index (χ1n) is 13.8. The Hall–Kier alpha value is -3.30. The molecule has 0 spiro atoms. The van der Waals surface area contributed by atoms with Crippen LogP contribution in [0.25, 0.3) is 28.1 Å². The number of fused-ring (bicyclic) bond motifs is 2. The van der Waals surface area contributed by atoms with Crippen LogP contribution in [-0.4, -0.2) is 61.4 Å². The average Bonchev–Trinajstić information content (AvgIpc) is 3.45. The third kappa shape index (κ3) is 5.05. The lowest BCUT2D eigenvalue weighted by Crippen LogP contribution is -2.37. The van der Waals surface area contributed by atoms with Crippen molar-refractivity contribution in [3.8, 4) is 5.95 Å². The van der Waals surface area contributed by atoms with Crippen molar-refractivity contribution in [2.45, 2.75) is 60.0 Å². The smallest absolute Gasteiger partial charge is 0.239 e. The van der Waals surface area contributed by atoms with Crippen LogP contribution >= 0.6 is 0 Å². The minimum atomic E-state index is 0.315. The van der Waals surface area contributed by atoms with Crippen LogP contribution < -0.4 is 10.2 Å². The van der Waals surface area contributed by atoms with Crippen molar-refractivity contribution in [2.24, 2.45) is 13.0 Å². The first-order valence-corrected chi connectivity index (χ1v) is 13.8. The Morgan fingerprint density at radius 3 is 2.63 bits per heavy atom. The molecule has 0 aliphatic carbocycles. The molecule has 0 saturated carbocycles. The Balaban J connectivity index is 1.58. The van der Waals surface area contributed by atoms with Gasteiger partial charge in [-0.05, 0) is 45.2 Å². The lowest BCUT2D eigenvalue weighted by atomic mass is 9.94. The number of imidazole rings is 2. The summed E-state index contributed by atoms with van der Waals surface area (Å²) in [5.41, 5.74) is 4.95. The summed E-state index contributed by atoms with van der Waals surface area (Å²) >= 11 is 0. The van der Waals surface area contributed by atoms with Crippen LogP contribution in [0.5, 0.6) is 0 Å². The topological polar surface area (TPSA) is 85.9 Å². The molecule has 2 unspecified atom stereocenters. The van der Waals surface area contributed by atoms with Crippen molar-refractivity contribution < 1.29 is 4.74 Å². The monoisotopic (exact) mass is 516 g/mol. The highest BCUT2D eigenvalue weighted by molar-refractivity contribution is 5.86. The zero-order valence-electron chi connectivity index (χ0n) is 23.5. The maximum absolute atomic E-state index is 5.64. The Bertz CT molecular complexity index is 1450. The Morgan fingerprint density at radius 1 is 1.13 bits per heavy atom. The predicted octanol–water partition coefficient (Wildman–Crippen LogP) is 4.71. The zero-order chi connectivity index (χ0) is 26.8. The van der Waals surface area contributed by atoms with E-state index < -0.39 is 0 Å². The van der Waals surface area contributed by atoms with Crippen molar-refractivity contribution in [3.05, 3.63) is 47.6 Å². The van der Waals surface area contributed by atoms with Crippen LogP contribution in [0, 0.1) is 12.8 Å². The van der Waals surface area contributed by atoms with Gasteiger partial charge in [0.15, 0.2) is 17.0 Å². The highest BCUT2D eigenvalue weighted by Crippen LogP contribution is 2.28. The highest BCUT2D eigenvalue weighted by atomic mass is 16.5. The number of nitrogens with one attached hydrogen (secondary N) is 1. The number of hydrogen-bond acceptors (Lipinski definition) is 7. The standard InChI is InChI=1S/C29H40N8O/c1-7-19(3)17-23(20(4)8-2)30-18-25-32-26-27(35(25)6)33-29(34-28(26)36-13-15-38-16-14-36)37-21(5)31-22-11-9-10-12-24(22)37/h8-12,19,23,30H,7,13-18H2,1-6H3/b20-8-. The molecule has 1 aliphatic heterocycles. The van der Waals surface area contributed by atoms with Crippen molar-refractivity contribution in [3.63, 3.8) is 0 Å². The number of hydrogen-bond donors (Lipinski definition) is 1. The minimum absolute atomic E-state index is 0.315. The molecule has 1 N–H and O–H groups in total. The number of aromatic nitrogens is 6. The number of anilines is 1. The lowest BCUT2D eigenvalue weighted by Gasteiger charge is -2.28. The van der Waals surface area contributed by atoms with E-state index in [4.69, 9.17) is 24.7 Å². The summed E-state index contributed by atoms with van der Waals surface area (Å²) in [6.45, 7) is 14.5. The van der Waals surface area contributed by atoms with E-state index in [0.717, 1.165) is 59.2 Å². The molecule has 1 aromatic carbocycles. The molecule has 1 aliphatic rings. The molecule has 4 heterocycles. The maximum Gasteiger partial charge on any atom is 0.239 e. The van der Waals surface area contributed by atoms with Crippen LogP contribution in [0.4, 0.5) is 5.82 Å². The normalized spacial score (nSPS) is 16.5. The van der Waals surface area contributed by atoms with Gasteiger partial charge in [-0.1, -0.05) is 44.1 Å². The van der Waals surface area contributed by atoms with Gasteiger partial charge in [-0.25, -0.2) is 9.97 Å². The van der Waals surface area contributed by atoms with E-state index in [1.54, 1.807) is 0 Å². The van der Waals surface area contributed by atoms with Crippen molar-refractivity contribution in [1.82, 2.24) is 34.4 Å². The second-order valence-electron chi connectivity index (χ2n) is 10.4. The molecule has 0 bridgehead atoms. The van der Waals surface area contributed by atoms with E-state index >= 15 is 0 Å². The highest BCUT2D eigenvalue weighted by Gasteiger charge is 2.24. The molecule has 4 aromatic rings. The molecule has 9 heteroatoms. The fourth-order valence-electron chi connectivity index (χ4n) is 5.15. The maximum atomic E-state index is 5.64. The van der Waals surface area contributed by atoms with Gasteiger partial charge in [0, 0.05) is 26.2 Å². The third-order valence-corrected chi connectivity index (χ3v) is 7.87. The fraction of sp³-hybridized carbons (Fsp3) is 0.517. The van der Waals surface area contributed by atoms with Crippen LogP contribution in [0.15, 0.2) is 35.9 Å². The third-order valence-electron chi connectivity index (χ3n) is 7.87. The quantitative estimate of drug-likeness (QED) is 0.323. The molecule has 0 amide bonds. The zero-order valence-corrected chi connectivity index (χ0v) is 23.5.